The lowest BCUT2D eigenvalue weighted by atomic mass is 10.1. The van der Waals surface area contributed by atoms with Gasteiger partial charge in [-0.15, -0.1) is 0 Å². The van der Waals surface area contributed by atoms with Gasteiger partial charge in [0, 0.05) is 5.56 Å². The third-order valence-corrected chi connectivity index (χ3v) is 2.07. The molecule has 0 amide bonds. The van der Waals surface area contributed by atoms with Crippen LogP contribution in [-0.4, -0.2) is 19.3 Å². The molecule has 4 nitrogen and oxygen atoms in total. The van der Waals surface area contributed by atoms with Gasteiger partial charge in [0.05, 0.1) is 20.8 Å². The lowest BCUT2D eigenvalue weighted by Crippen LogP contribution is -2.12. The molecule has 14 heavy (non-hydrogen) atoms. The highest BCUT2D eigenvalue weighted by molar-refractivity contribution is 5.49. The Balaban J connectivity index is 3.03. The largest absolute Gasteiger partial charge is 0.504 e. The molecular formula is C10H15NO3. The second kappa shape index (κ2) is 4.83. The van der Waals surface area contributed by atoms with E-state index < -0.39 is 0 Å². The number of hydrogen-bond donors (Lipinski definition) is 2. The minimum absolute atomic E-state index is 0.144. The summed E-state index contributed by atoms with van der Waals surface area (Å²) >= 11 is 0. The number of phenolic OH excluding ortho intramolecular Hbond substituents is 1. The molecule has 78 valence electrons. The maximum atomic E-state index is 9.52. The molecule has 0 saturated heterocycles. The topological polar surface area (TPSA) is 50.7 Å². The fourth-order valence-corrected chi connectivity index (χ4v) is 1.31. The van der Waals surface area contributed by atoms with E-state index in [1.807, 2.05) is 13.0 Å². The molecule has 0 atom stereocenters. The third kappa shape index (κ3) is 2.16. The van der Waals surface area contributed by atoms with Crippen LogP contribution in [-0.2, 0) is 11.4 Å². The van der Waals surface area contributed by atoms with E-state index in [0.717, 1.165) is 11.1 Å². The zero-order valence-electron chi connectivity index (χ0n) is 8.63. The summed E-state index contributed by atoms with van der Waals surface area (Å²) in [7, 11) is 3.08. The summed E-state index contributed by atoms with van der Waals surface area (Å²) in [5.41, 5.74) is 4.66. The van der Waals surface area contributed by atoms with E-state index in [1.54, 1.807) is 13.2 Å². The summed E-state index contributed by atoms with van der Waals surface area (Å²) in [5.74, 6) is 0.639. The smallest absolute Gasteiger partial charge is 0.165 e. The standard InChI is InChI=1S/C10H15NO3/c1-7-4-5-9(12)10(13-2)8(7)6-11-14-3/h4-5,11-12H,6H2,1-3H3. The number of aromatic hydroxyl groups is 1. The highest BCUT2D eigenvalue weighted by atomic mass is 16.6. The molecule has 1 aromatic carbocycles. The number of ether oxygens (including phenoxy) is 1. The molecule has 0 aliphatic carbocycles. The molecule has 0 saturated carbocycles. The molecule has 0 aromatic heterocycles. The number of aryl methyl sites for hydroxylation is 1. The predicted molar refractivity (Wildman–Crippen MR) is 53.2 cm³/mol. The van der Waals surface area contributed by atoms with Crippen molar-refractivity contribution in [3.05, 3.63) is 23.3 Å². The van der Waals surface area contributed by atoms with Crippen molar-refractivity contribution in [2.75, 3.05) is 14.2 Å². The van der Waals surface area contributed by atoms with Gasteiger partial charge in [-0.25, -0.2) is 0 Å². The van der Waals surface area contributed by atoms with Crippen LogP contribution in [0.4, 0.5) is 0 Å². The second-order valence-corrected chi connectivity index (χ2v) is 2.94. The van der Waals surface area contributed by atoms with E-state index in [4.69, 9.17) is 9.57 Å². The molecule has 0 heterocycles. The van der Waals surface area contributed by atoms with Crippen LogP contribution in [0, 0.1) is 6.92 Å². The maximum Gasteiger partial charge on any atom is 0.165 e. The average Bonchev–Trinajstić information content (AvgIpc) is 2.19. The van der Waals surface area contributed by atoms with E-state index in [0.29, 0.717) is 12.3 Å². The number of methoxy groups -OCH3 is 1. The second-order valence-electron chi connectivity index (χ2n) is 2.94. The molecule has 0 aliphatic rings. The first-order valence-electron chi connectivity index (χ1n) is 4.32. The quantitative estimate of drug-likeness (QED) is 0.715. The van der Waals surface area contributed by atoms with Crippen LogP contribution in [0.2, 0.25) is 0 Å². The Morgan fingerprint density at radius 3 is 2.64 bits per heavy atom. The van der Waals surface area contributed by atoms with Gasteiger partial charge in [0.25, 0.3) is 0 Å². The van der Waals surface area contributed by atoms with Crippen LogP contribution in [0.1, 0.15) is 11.1 Å². The van der Waals surface area contributed by atoms with Crippen molar-refractivity contribution in [1.29, 1.82) is 0 Å². The number of phenols is 1. The Morgan fingerprint density at radius 1 is 1.36 bits per heavy atom. The van der Waals surface area contributed by atoms with E-state index in [1.165, 1.54) is 7.11 Å². The van der Waals surface area contributed by atoms with Gasteiger partial charge >= 0.3 is 0 Å². The maximum absolute atomic E-state index is 9.52. The van der Waals surface area contributed by atoms with Crippen molar-refractivity contribution in [1.82, 2.24) is 5.48 Å². The highest BCUT2D eigenvalue weighted by Crippen LogP contribution is 2.31. The minimum atomic E-state index is 0.144. The fraction of sp³-hybridized carbons (Fsp3) is 0.400. The number of rotatable bonds is 4. The first kappa shape index (κ1) is 10.8. The molecule has 4 heteroatoms. The molecule has 1 rings (SSSR count). The summed E-state index contributed by atoms with van der Waals surface area (Å²) in [4.78, 5) is 4.75. The van der Waals surface area contributed by atoms with Crippen molar-refractivity contribution >= 4 is 0 Å². The van der Waals surface area contributed by atoms with Gasteiger partial charge < -0.3 is 14.7 Å². The first-order valence-corrected chi connectivity index (χ1v) is 4.32. The van der Waals surface area contributed by atoms with Gasteiger partial charge in [0.1, 0.15) is 0 Å². The van der Waals surface area contributed by atoms with Gasteiger partial charge in [-0.1, -0.05) is 6.07 Å². The Morgan fingerprint density at radius 2 is 2.07 bits per heavy atom. The summed E-state index contributed by atoms with van der Waals surface area (Å²) in [6, 6.07) is 3.45. The number of benzene rings is 1. The van der Waals surface area contributed by atoms with Crippen molar-refractivity contribution < 1.29 is 14.7 Å². The Kier molecular flexibility index (Phi) is 3.73. The third-order valence-electron chi connectivity index (χ3n) is 2.07. The van der Waals surface area contributed by atoms with Crippen LogP contribution in [0.5, 0.6) is 11.5 Å². The summed E-state index contributed by atoms with van der Waals surface area (Å²) in [6.07, 6.45) is 0. The van der Waals surface area contributed by atoms with Gasteiger partial charge in [-0.2, -0.15) is 5.48 Å². The molecule has 0 fully saturated rings. The van der Waals surface area contributed by atoms with Crippen molar-refractivity contribution in [3.8, 4) is 11.5 Å². The summed E-state index contributed by atoms with van der Waals surface area (Å²) < 4.78 is 5.11. The molecule has 0 unspecified atom stereocenters. The average molecular weight is 197 g/mol. The van der Waals surface area contributed by atoms with Crippen molar-refractivity contribution in [3.63, 3.8) is 0 Å². The molecule has 2 N–H and O–H groups in total. The van der Waals surface area contributed by atoms with E-state index in [2.05, 4.69) is 5.48 Å². The number of nitrogens with one attached hydrogen (secondary N) is 1. The van der Waals surface area contributed by atoms with Crippen LogP contribution in [0.25, 0.3) is 0 Å². The Labute approximate surface area is 83.4 Å². The molecule has 1 aromatic rings. The number of hydrogen-bond acceptors (Lipinski definition) is 4. The highest BCUT2D eigenvalue weighted by Gasteiger charge is 2.10. The van der Waals surface area contributed by atoms with Gasteiger partial charge in [-0.05, 0) is 18.6 Å². The fourth-order valence-electron chi connectivity index (χ4n) is 1.31. The first-order chi connectivity index (χ1) is 6.70. The molecule has 0 bridgehead atoms. The van der Waals surface area contributed by atoms with Gasteiger partial charge in [0.2, 0.25) is 0 Å². The minimum Gasteiger partial charge on any atom is -0.504 e. The van der Waals surface area contributed by atoms with Crippen LogP contribution < -0.4 is 10.2 Å². The predicted octanol–water partition coefficient (Wildman–Crippen LogP) is 1.36. The zero-order chi connectivity index (χ0) is 10.6. The SMILES string of the molecule is CONCc1c(C)ccc(O)c1OC. The number of hydroxylamine groups is 1. The molecule has 0 radical (unpaired) electrons. The summed E-state index contributed by atoms with van der Waals surface area (Å²) in [5, 5.41) is 9.52. The van der Waals surface area contributed by atoms with Gasteiger partial charge in [0.15, 0.2) is 11.5 Å². The monoisotopic (exact) mass is 197 g/mol. The van der Waals surface area contributed by atoms with E-state index in [9.17, 15) is 5.11 Å². The van der Waals surface area contributed by atoms with Crippen LogP contribution >= 0.6 is 0 Å². The van der Waals surface area contributed by atoms with Crippen molar-refractivity contribution in [2.45, 2.75) is 13.5 Å². The van der Waals surface area contributed by atoms with Crippen LogP contribution in [0.3, 0.4) is 0 Å². The van der Waals surface area contributed by atoms with E-state index >= 15 is 0 Å². The lowest BCUT2D eigenvalue weighted by Gasteiger charge is -2.12. The van der Waals surface area contributed by atoms with Crippen LogP contribution in [0.15, 0.2) is 12.1 Å². The molecule has 0 aliphatic heterocycles. The molecule has 0 spiro atoms. The van der Waals surface area contributed by atoms with Crippen molar-refractivity contribution in [2.24, 2.45) is 0 Å². The van der Waals surface area contributed by atoms with Gasteiger partial charge in [-0.3, -0.25) is 0 Å². The Bertz CT molecular complexity index is 312. The Hall–Kier alpha value is -1.26. The summed E-state index contributed by atoms with van der Waals surface area (Å²) in [6.45, 7) is 2.45. The molecular weight excluding hydrogens is 182 g/mol. The van der Waals surface area contributed by atoms with E-state index in [-0.39, 0.29) is 5.75 Å². The lowest BCUT2D eigenvalue weighted by molar-refractivity contribution is 0.0859. The normalized spacial score (nSPS) is 10.2. The zero-order valence-corrected chi connectivity index (χ0v) is 8.63.